The van der Waals surface area contributed by atoms with Gasteiger partial charge in [0.05, 0.1) is 12.1 Å². The lowest BCUT2D eigenvalue weighted by molar-refractivity contribution is -0.136. The average molecular weight is 348 g/mol. The van der Waals surface area contributed by atoms with Crippen LogP contribution >= 0.6 is 24.8 Å². The van der Waals surface area contributed by atoms with Crippen molar-refractivity contribution >= 4 is 36.5 Å². The first kappa shape index (κ1) is 18.9. The first-order valence-electron chi connectivity index (χ1n) is 7.31. The van der Waals surface area contributed by atoms with Gasteiger partial charge in [0.1, 0.15) is 5.82 Å². The van der Waals surface area contributed by atoms with Crippen LogP contribution in [0.3, 0.4) is 0 Å². The van der Waals surface area contributed by atoms with Gasteiger partial charge < -0.3 is 15.5 Å². The van der Waals surface area contributed by atoms with Crippen molar-refractivity contribution in [1.82, 2.24) is 14.9 Å². The van der Waals surface area contributed by atoms with Crippen molar-refractivity contribution < 1.29 is 4.79 Å². The molecule has 8 heteroatoms. The van der Waals surface area contributed by atoms with E-state index in [9.17, 15) is 4.79 Å². The molecule has 3 rings (SSSR count). The summed E-state index contributed by atoms with van der Waals surface area (Å²) in [5.74, 6) is 1.17. The van der Waals surface area contributed by atoms with Crippen LogP contribution < -0.4 is 10.6 Å². The molecular formula is C14H23Cl2N5O. The van der Waals surface area contributed by atoms with Gasteiger partial charge in [0, 0.05) is 44.6 Å². The van der Waals surface area contributed by atoms with Crippen LogP contribution in [0.2, 0.25) is 0 Å². The number of carbonyl (C=O) groups is 1. The summed E-state index contributed by atoms with van der Waals surface area (Å²) in [6.45, 7) is 3.12. The van der Waals surface area contributed by atoms with Gasteiger partial charge in [-0.3, -0.25) is 9.78 Å². The Bertz CT molecular complexity index is 468. The zero-order chi connectivity index (χ0) is 13.9. The van der Waals surface area contributed by atoms with Crippen molar-refractivity contribution in [3.63, 3.8) is 0 Å². The Balaban J connectivity index is 0.00000121. The van der Waals surface area contributed by atoms with Crippen LogP contribution in [0.1, 0.15) is 19.3 Å². The maximum atomic E-state index is 12.5. The fourth-order valence-electron chi connectivity index (χ4n) is 3.14. The van der Waals surface area contributed by atoms with Crippen LogP contribution in [-0.2, 0) is 4.79 Å². The maximum Gasteiger partial charge on any atom is 0.227 e. The van der Waals surface area contributed by atoms with Gasteiger partial charge >= 0.3 is 0 Å². The maximum absolute atomic E-state index is 12.5. The fraction of sp³-hybridized carbons (Fsp3) is 0.643. The molecular weight excluding hydrogens is 325 g/mol. The Kier molecular flexibility index (Phi) is 7.32. The monoisotopic (exact) mass is 347 g/mol. The number of aromatic nitrogens is 2. The van der Waals surface area contributed by atoms with Crippen LogP contribution in [0.25, 0.3) is 0 Å². The normalized spacial score (nSPS) is 24.4. The first-order chi connectivity index (χ1) is 9.75. The lowest BCUT2D eigenvalue weighted by Gasteiger charge is -2.36. The minimum Gasteiger partial charge on any atom is -0.352 e. The summed E-state index contributed by atoms with van der Waals surface area (Å²) in [5.41, 5.74) is 6.03. The summed E-state index contributed by atoms with van der Waals surface area (Å²) in [6, 6.07) is 0.0560. The topological polar surface area (TPSA) is 75.4 Å². The Hall–Kier alpha value is -1.11. The largest absolute Gasteiger partial charge is 0.352 e. The molecule has 1 aromatic heterocycles. The third kappa shape index (κ3) is 4.00. The van der Waals surface area contributed by atoms with Gasteiger partial charge in [-0.15, -0.1) is 24.8 Å². The van der Waals surface area contributed by atoms with E-state index >= 15 is 0 Å². The molecule has 2 N–H and O–H groups in total. The van der Waals surface area contributed by atoms with Crippen molar-refractivity contribution in [2.24, 2.45) is 11.7 Å². The van der Waals surface area contributed by atoms with Gasteiger partial charge in [-0.25, -0.2) is 4.98 Å². The molecule has 0 spiro atoms. The van der Waals surface area contributed by atoms with Gasteiger partial charge in [0.25, 0.3) is 0 Å². The Labute approximate surface area is 143 Å². The van der Waals surface area contributed by atoms with Gasteiger partial charge in [-0.2, -0.15) is 0 Å². The van der Waals surface area contributed by atoms with Crippen LogP contribution in [0.4, 0.5) is 5.82 Å². The highest BCUT2D eigenvalue weighted by Crippen LogP contribution is 2.26. The molecule has 0 aromatic carbocycles. The molecule has 1 aromatic rings. The second-order valence-electron chi connectivity index (χ2n) is 5.58. The van der Waals surface area contributed by atoms with Crippen LogP contribution in [0, 0.1) is 5.92 Å². The van der Waals surface area contributed by atoms with E-state index in [1.807, 2.05) is 4.90 Å². The Morgan fingerprint density at radius 1 is 1.14 bits per heavy atom. The molecule has 2 fully saturated rings. The predicted molar refractivity (Wildman–Crippen MR) is 90.6 cm³/mol. The minimum atomic E-state index is 0. The zero-order valence-corrected chi connectivity index (χ0v) is 14.1. The summed E-state index contributed by atoms with van der Waals surface area (Å²) in [6.07, 6.45) is 8.15. The molecule has 22 heavy (non-hydrogen) atoms. The van der Waals surface area contributed by atoms with Gasteiger partial charge in [0.15, 0.2) is 0 Å². The lowest BCUT2D eigenvalue weighted by Crippen LogP contribution is -2.52. The predicted octanol–water partition coefficient (Wildman–Crippen LogP) is 1.10. The van der Waals surface area contributed by atoms with Crippen molar-refractivity contribution in [1.29, 1.82) is 0 Å². The zero-order valence-electron chi connectivity index (χ0n) is 12.4. The standard InChI is InChI=1S/C14H21N5O.2ClH/c15-12-3-1-2-11(12)14(20)19-8-6-18(7-9-19)13-10-16-4-5-17-13;;/h4-5,10-12H,1-3,6-9,15H2;2*1H. The molecule has 2 atom stereocenters. The molecule has 124 valence electrons. The van der Waals surface area contributed by atoms with Crippen LogP contribution in [-0.4, -0.2) is 53.0 Å². The average Bonchev–Trinajstić information content (AvgIpc) is 2.94. The molecule has 2 aliphatic rings. The first-order valence-corrected chi connectivity index (χ1v) is 7.31. The molecule has 0 bridgehead atoms. The van der Waals surface area contributed by atoms with Gasteiger partial charge in [-0.1, -0.05) is 6.42 Å². The van der Waals surface area contributed by atoms with E-state index in [2.05, 4.69) is 14.9 Å². The van der Waals surface area contributed by atoms with Crippen LogP contribution in [0.15, 0.2) is 18.6 Å². The molecule has 2 unspecified atom stereocenters. The van der Waals surface area contributed by atoms with E-state index in [1.165, 1.54) is 0 Å². The summed E-state index contributed by atoms with van der Waals surface area (Å²) >= 11 is 0. The number of anilines is 1. The van der Waals surface area contributed by atoms with Crippen molar-refractivity contribution in [2.75, 3.05) is 31.1 Å². The number of amides is 1. The number of hydrogen-bond acceptors (Lipinski definition) is 5. The van der Waals surface area contributed by atoms with E-state index in [-0.39, 0.29) is 42.7 Å². The number of carbonyl (C=O) groups excluding carboxylic acids is 1. The highest BCUT2D eigenvalue weighted by Gasteiger charge is 2.34. The van der Waals surface area contributed by atoms with Crippen LogP contribution in [0.5, 0.6) is 0 Å². The second-order valence-corrected chi connectivity index (χ2v) is 5.58. The van der Waals surface area contributed by atoms with E-state index in [0.717, 1.165) is 51.3 Å². The molecule has 1 saturated heterocycles. The highest BCUT2D eigenvalue weighted by molar-refractivity contribution is 5.85. The lowest BCUT2D eigenvalue weighted by atomic mass is 10.0. The smallest absolute Gasteiger partial charge is 0.227 e. The minimum absolute atomic E-state index is 0. The molecule has 2 heterocycles. The van der Waals surface area contributed by atoms with Gasteiger partial charge in [0.2, 0.25) is 5.91 Å². The second kappa shape index (κ2) is 8.50. The third-order valence-electron chi connectivity index (χ3n) is 4.35. The summed E-state index contributed by atoms with van der Waals surface area (Å²) in [7, 11) is 0. The van der Waals surface area contributed by atoms with Gasteiger partial charge in [-0.05, 0) is 12.8 Å². The quantitative estimate of drug-likeness (QED) is 0.866. The molecule has 1 saturated carbocycles. The number of nitrogens with zero attached hydrogens (tertiary/aromatic N) is 4. The van der Waals surface area contributed by atoms with Crippen molar-refractivity contribution in [3.05, 3.63) is 18.6 Å². The number of nitrogens with two attached hydrogens (primary N) is 1. The van der Waals surface area contributed by atoms with E-state index in [4.69, 9.17) is 5.73 Å². The summed E-state index contributed by atoms with van der Waals surface area (Å²) in [4.78, 5) is 25.0. The molecule has 1 aliphatic heterocycles. The summed E-state index contributed by atoms with van der Waals surface area (Å²) < 4.78 is 0. The number of piperazine rings is 1. The van der Waals surface area contributed by atoms with Crippen molar-refractivity contribution in [2.45, 2.75) is 25.3 Å². The van der Waals surface area contributed by atoms with E-state index in [1.54, 1.807) is 18.6 Å². The number of hydrogen-bond donors (Lipinski definition) is 1. The highest BCUT2D eigenvalue weighted by atomic mass is 35.5. The number of rotatable bonds is 2. The Morgan fingerprint density at radius 3 is 2.41 bits per heavy atom. The van der Waals surface area contributed by atoms with E-state index < -0.39 is 0 Å². The third-order valence-corrected chi connectivity index (χ3v) is 4.35. The molecule has 0 radical (unpaired) electrons. The Morgan fingerprint density at radius 2 is 1.86 bits per heavy atom. The fourth-order valence-corrected chi connectivity index (χ4v) is 3.14. The number of halogens is 2. The van der Waals surface area contributed by atoms with E-state index in [0.29, 0.717) is 0 Å². The summed E-state index contributed by atoms with van der Waals surface area (Å²) in [5, 5.41) is 0. The van der Waals surface area contributed by atoms with Crippen molar-refractivity contribution in [3.8, 4) is 0 Å². The molecule has 6 nitrogen and oxygen atoms in total. The molecule has 1 amide bonds. The molecule has 1 aliphatic carbocycles. The SMILES string of the molecule is Cl.Cl.NC1CCCC1C(=O)N1CCN(c2cnccn2)CC1.